The molecule has 0 aromatic rings. The molecule has 0 unspecified atom stereocenters. The standard InChI is InChI=1S/C6Br3Cl2F9/c7-5(8,9)1(10,11)2(12,13)3(14,15)4(16,17)6(18,19)20. The van der Waals surface area contributed by atoms with E-state index < -0.39 is 30.4 Å². The fraction of sp³-hybridized carbons (Fsp3) is 1.00. The highest BCUT2D eigenvalue weighted by Gasteiger charge is 2.87. The summed E-state index contributed by atoms with van der Waals surface area (Å²) in [5, 5.41) is 0. The maximum absolute atomic E-state index is 13.4. The molecule has 0 aromatic carbocycles. The van der Waals surface area contributed by atoms with E-state index in [1.807, 2.05) is 0 Å². The third-order valence-corrected chi connectivity index (χ3v) is 6.09. The molecular weight excluding hydrogens is 554 g/mol. The third-order valence-electron chi connectivity index (χ3n) is 1.90. The molecule has 0 heterocycles. The van der Waals surface area contributed by atoms with E-state index in [0.29, 0.717) is 0 Å². The number of rotatable bonds is 3. The highest BCUT2D eigenvalue weighted by Crippen LogP contribution is 2.65. The molecule has 0 N–H and O–H groups in total. The monoisotopic (exact) mass is 550 g/mol. The lowest BCUT2D eigenvalue weighted by atomic mass is 10.0. The van der Waals surface area contributed by atoms with E-state index in [1.54, 1.807) is 0 Å². The van der Waals surface area contributed by atoms with Gasteiger partial charge in [-0.2, -0.15) is 39.5 Å². The van der Waals surface area contributed by atoms with Crippen LogP contribution in [0.2, 0.25) is 0 Å². The van der Waals surface area contributed by atoms with Gasteiger partial charge >= 0.3 is 23.9 Å². The molecule has 0 nitrogen and oxygen atoms in total. The van der Waals surface area contributed by atoms with Gasteiger partial charge in [-0.05, 0) is 0 Å². The molecule has 0 saturated carbocycles. The predicted molar refractivity (Wildman–Crippen MR) is 64.8 cm³/mol. The van der Waals surface area contributed by atoms with Crippen molar-refractivity contribution in [2.24, 2.45) is 0 Å². The molecule has 0 aromatic heterocycles. The third kappa shape index (κ3) is 3.05. The van der Waals surface area contributed by atoms with Crippen molar-refractivity contribution in [2.75, 3.05) is 0 Å². The first-order valence-corrected chi connectivity index (χ1v) is 7.03. The van der Waals surface area contributed by atoms with Crippen LogP contribution in [-0.4, -0.2) is 30.4 Å². The fourth-order valence-electron chi connectivity index (χ4n) is 0.750. The van der Waals surface area contributed by atoms with Crippen molar-refractivity contribution < 1.29 is 39.5 Å². The summed E-state index contributed by atoms with van der Waals surface area (Å²) in [7, 11) is 0. The maximum atomic E-state index is 13.4. The zero-order valence-corrected chi connectivity index (χ0v) is 14.6. The van der Waals surface area contributed by atoms with E-state index in [0.717, 1.165) is 0 Å². The number of hydrogen-bond acceptors (Lipinski definition) is 0. The van der Waals surface area contributed by atoms with Crippen LogP contribution in [0, 0.1) is 0 Å². The Hall–Kier alpha value is 1.39. The van der Waals surface area contributed by atoms with Crippen LogP contribution in [0.15, 0.2) is 0 Å². The fourth-order valence-corrected chi connectivity index (χ4v) is 1.73. The van der Waals surface area contributed by atoms with Crippen molar-refractivity contribution >= 4 is 71.0 Å². The summed E-state index contributed by atoms with van der Waals surface area (Å²) in [5.41, 5.74) is 0. The first-order valence-electron chi connectivity index (χ1n) is 3.90. The SMILES string of the molecule is FC(F)(F)C(F)(F)C(F)(F)C(F)(F)C(Cl)(Cl)C(Br)(Br)Br. The molecular formula is C6Br3Cl2F9. The Kier molecular flexibility index (Phi) is 5.86. The van der Waals surface area contributed by atoms with Crippen molar-refractivity contribution in [3.63, 3.8) is 0 Å². The molecule has 0 atom stereocenters. The number of hydrogen-bond donors (Lipinski definition) is 0. The second-order valence-electron chi connectivity index (χ2n) is 3.29. The van der Waals surface area contributed by atoms with E-state index in [9.17, 15) is 39.5 Å². The minimum Gasteiger partial charge on any atom is -0.196 e. The van der Waals surface area contributed by atoms with Gasteiger partial charge in [-0.3, -0.25) is 0 Å². The molecule has 122 valence electrons. The average Bonchev–Trinajstić information content (AvgIpc) is 2.12. The van der Waals surface area contributed by atoms with Gasteiger partial charge in [0.15, 0.2) is 2.14 Å². The molecule has 0 aliphatic heterocycles. The Bertz CT molecular complexity index is 337. The van der Waals surface area contributed by atoms with E-state index in [-0.39, 0.29) is 0 Å². The van der Waals surface area contributed by atoms with E-state index in [4.69, 9.17) is 23.2 Å². The quantitative estimate of drug-likeness (QED) is 0.278. The average molecular weight is 554 g/mol. The molecule has 0 aliphatic rings. The van der Waals surface area contributed by atoms with Gasteiger partial charge in [0.2, 0.25) is 4.33 Å². The molecule has 14 heteroatoms. The van der Waals surface area contributed by atoms with Gasteiger partial charge in [0.1, 0.15) is 0 Å². The second kappa shape index (κ2) is 5.48. The lowest BCUT2D eigenvalue weighted by Crippen LogP contribution is -2.68. The molecule has 20 heavy (non-hydrogen) atoms. The van der Waals surface area contributed by atoms with Crippen molar-refractivity contribution in [3.05, 3.63) is 0 Å². The molecule has 0 rings (SSSR count). The van der Waals surface area contributed by atoms with Crippen LogP contribution < -0.4 is 0 Å². The van der Waals surface area contributed by atoms with Gasteiger partial charge < -0.3 is 0 Å². The highest BCUT2D eigenvalue weighted by molar-refractivity contribution is 9.39. The van der Waals surface area contributed by atoms with Gasteiger partial charge in [-0.15, -0.1) is 0 Å². The number of halogens is 14. The Morgan fingerprint density at radius 3 is 1.05 bits per heavy atom. The molecule has 0 radical (unpaired) electrons. The van der Waals surface area contributed by atoms with Gasteiger partial charge in [-0.1, -0.05) is 71.0 Å². The largest absolute Gasteiger partial charge is 0.460 e. The zero-order valence-electron chi connectivity index (χ0n) is 8.29. The topological polar surface area (TPSA) is 0 Å². The van der Waals surface area contributed by atoms with Gasteiger partial charge in [0, 0.05) is 0 Å². The van der Waals surface area contributed by atoms with Crippen LogP contribution in [-0.2, 0) is 0 Å². The van der Waals surface area contributed by atoms with Crippen LogP contribution in [0.25, 0.3) is 0 Å². The van der Waals surface area contributed by atoms with E-state index in [1.165, 1.54) is 0 Å². The lowest BCUT2D eigenvalue weighted by molar-refractivity contribution is -0.397. The van der Waals surface area contributed by atoms with Crippen molar-refractivity contribution in [2.45, 2.75) is 30.4 Å². The van der Waals surface area contributed by atoms with Crippen LogP contribution in [0.5, 0.6) is 0 Å². The van der Waals surface area contributed by atoms with Crippen LogP contribution in [0.1, 0.15) is 0 Å². The first-order chi connectivity index (χ1) is 8.25. The molecule has 0 amide bonds. The smallest absolute Gasteiger partial charge is 0.196 e. The lowest BCUT2D eigenvalue weighted by Gasteiger charge is -2.42. The minimum absolute atomic E-state index is 2.18. The molecule has 0 spiro atoms. The summed E-state index contributed by atoms with van der Waals surface area (Å²) in [6.45, 7) is 0. The van der Waals surface area contributed by atoms with Crippen LogP contribution in [0.3, 0.4) is 0 Å². The normalized spacial score (nSPS) is 16.5. The second-order valence-corrected chi connectivity index (χ2v) is 11.4. The summed E-state index contributed by atoms with van der Waals surface area (Å²) in [5.74, 6) is -20.2. The Balaban J connectivity index is 6.08. The van der Waals surface area contributed by atoms with E-state index >= 15 is 0 Å². The summed E-state index contributed by atoms with van der Waals surface area (Å²) in [6.07, 6.45) is -6.95. The summed E-state index contributed by atoms with van der Waals surface area (Å²) < 4.78 is 107. The van der Waals surface area contributed by atoms with Gasteiger partial charge in [0.05, 0.1) is 0 Å². The van der Waals surface area contributed by atoms with Crippen molar-refractivity contribution in [1.29, 1.82) is 0 Å². The molecule has 0 bridgehead atoms. The van der Waals surface area contributed by atoms with Crippen molar-refractivity contribution in [3.8, 4) is 0 Å². The molecule has 0 aliphatic carbocycles. The maximum Gasteiger partial charge on any atom is 0.460 e. The Morgan fingerprint density at radius 1 is 0.550 bits per heavy atom. The van der Waals surface area contributed by atoms with Gasteiger partial charge in [-0.25, -0.2) is 0 Å². The zero-order chi connectivity index (χ0) is 17.0. The predicted octanol–water partition coefficient (Wildman–Crippen LogP) is 6.47. The Labute approximate surface area is 140 Å². The first kappa shape index (κ1) is 21.4. The minimum atomic E-state index is -7.07. The molecule has 0 fully saturated rings. The summed E-state index contributed by atoms with van der Waals surface area (Å²) in [4.78, 5) is 0. The number of alkyl halides is 14. The highest BCUT2D eigenvalue weighted by atomic mass is 80.0. The summed E-state index contributed by atoms with van der Waals surface area (Å²) in [6, 6.07) is 0. The van der Waals surface area contributed by atoms with Crippen LogP contribution in [0.4, 0.5) is 39.5 Å². The van der Waals surface area contributed by atoms with Gasteiger partial charge in [0.25, 0.3) is 0 Å². The molecule has 0 saturated heterocycles. The Morgan fingerprint density at radius 2 is 0.850 bits per heavy atom. The van der Waals surface area contributed by atoms with E-state index in [2.05, 4.69) is 47.8 Å². The van der Waals surface area contributed by atoms with Crippen molar-refractivity contribution in [1.82, 2.24) is 0 Å². The van der Waals surface area contributed by atoms with Crippen LogP contribution >= 0.6 is 71.0 Å². The summed E-state index contributed by atoms with van der Waals surface area (Å²) >= 11 is 16.2.